The highest BCUT2D eigenvalue weighted by atomic mass is 79.9. The van der Waals surface area contributed by atoms with Gasteiger partial charge in [0.2, 0.25) is 10.0 Å². The molecule has 1 aromatic carbocycles. The lowest BCUT2D eigenvalue weighted by molar-refractivity contribution is 0.382. The third kappa shape index (κ3) is 3.18. The number of nitrogens with zero attached hydrogens (tertiary/aromatic N) is 1. The summed E-state index contributed by atoms with van der Waals surface area (Å²) in [7, 11) is -3.70. The topological polar surface area (TPSA) is 37.4 Å². The Hall–Kier alpha value is -0.720. The highest BCUT2D eigenvalue weighted by Crippen LogP contribution is 2.23. The van der Waals surface area contributed by atoms with E-state index in [-0.39, 0.29) is 22.0 Å². The predicted molar refractivity (Wildman–Crippen MR) is 73.3 cm³/mol. The van der Waals surface area contributed by atoms with Crippen LogP contribution in [0.4, 0.5) is 4.39 Å². The zero-order chi connectivity index (χ0) is 13.9. The maximum atomic E-state index is 13.4. The Morgan fingerprint density at radius 1 is 1.50 bits per heavy atom. The molecule has 0 bridgehead atoms. The minimum atomic E-state index is -3.70. The average molecular weight is 336 g/mol. The van der Waals surface area contributed by atoms with Gasteiger partial charge < -0.3 is 0 Å². The summed E-state index contributed by atoms with van der Waals surface area (Å²) in [5, 5.41) is 0. The molecule has 0 N–H and O–H groups in total. The van der Waals surface area contributed by atoms with E-state index < -0.39 is 15.8 Å². The zero-order valence-electron chi connectivity index (χ0n) is 10.2. The first-order valence-electron chi connectivity index (χ1n) is 5.38. The Morgan fingerprint density at radius 3 is 2.56 bits per heavy atom. The molecule has 0 radical (unpaired) electrons. The lowest BCUT2D eigenvalue weighted by atomic mass is 10.3. The van der Waals surface area contributed by atoms with E-state index in [0.29, 0.717) is 0 Å². The molecule has 18 heavy (non-hydrogen) atoms. The lowest BCUT2D eigenvalue weighted by Crippen LogP contribution is -2.37. The van der Waals surface area contributed by atoms with E-state index in [0.717, 1.165) is 6.07 Å². The molecule has 0 aliphatic rings. The van der Waals surface area contributed by atoms with E-state index in [1.807, 2.05) is 0 Å². The molecule has 0 aliphatic heterocycles. The van der Waals surface area contributed by atoms with Crippen molar-refractivity contribution in [2.45, 2.75) is 24.8 Å². The Morgan fingerprint density at radius 2 is 2.11 bits per heavy atom. The van der Waals surface area contributed by atoms with Crippen LogP contribution in [0.3, 0.4) is 0 Å². The Kier molecular flexibility index (Phi) is 5.07. The fraction of sp³-hybridized carbons (Fsp3) is 0.333. The third-order valence-corrected chi connectivity index (χ3v) is 5.06. The highest BCUT2D eigenvalue weighted by molar-refractivity contribution is 9.10. The maximum Gasteiger partial charge on any atom is 0.243 e. The van der Waals surface area contributed by atoms with Gasteiger partial charge in [0.1, 0.15) is 5.82 Å². The molecule has 1 rings (SSSR count). The number of hydrogen-bond donors (Lipinski definition) is 0. The van der Waals surface area contributed by atoms with Crippen LogP contribution < -0.4 is 0 Å². The third-order valence-electron chi connectivity index (χ3n) is 2.38. The zero-order valence-corrected chi connectivity index (χ0v) is 12.6. The summed E-state index contributed by atoms with van der Waals surface area (Å²) >= 11 is 2.99. The lowest BCUT2D eigenvalue weighted by Gasteiger charge is -2.24. The van der Waals surface area contributed by atoms with Crippen LogP contribution in [0.25, 0.3) is 0 Å². The van der Waals surface area contributed by atoms with Gasteiger partial charge in [0.15, 0.2) is 0 Å². The summed E-state index contributed by atoms with van der Waals surface area (Å²) in [4.78, 5) is -0.0567. The van der Waals surface area contributed by atoms with Gasteiger partial charge in [0.25, 0.3) is 0 Å². The second-order valence-electron chi connectivity index (χ2n) is 4.03. The smallest absolute Gasteiger partial charge is 0.207 e. The Bertz CT molecular complexity index is 543. The van der Waals surface area contributed by atoms with Crippen LogP contribution >= 0.6 is 15.9 Å². The van der Waals surface area contributed by atoms with Gasteiger partial charge in [-0.3, -0.25) is 0 Å². The van der Waals surface area contributed by atoms with Crippen LogP contribution in [-0.4, -0.2) is 25.3 Å². The molecule has 0 atom stereocenters. The molecule has 0 saturated carbocycles. The molecule has 0 unspecified atom stereocenters. The number of rotatable bonds is 5. The van der Waals surface area contributed by atoms with E-state index in [1.54, 1.807) is 13.8 Å². The van der Waals surface area contributed by atoms with Crippen LogP contribution in [0.2, 0.25) is 0 Å². The van der Waals surface area contributed by atoms with Crippen LogP contribution in [0.15, 0.2) is 40.2 Å². The van der Waals surface area contributed by atoms with Crippen molar-refractivity contribution in [1.29, 1.82) is 0 Å². The van der Waals surface area contributed by atoms with Crippen LogP contribution in [0.5, 0.6) is 0 Å². The van der Waals surface area contributed by atoms with Crippen molar-refractivity contribution >= 4 is 26.0 Å². The van der Waals surface area contributed by atoms with Crippen molar-refractivity contribution in [3.05, 3.63) is 41.1 Å². The first-order chi connectivity index (χ1) is 8.30. The standard InChI is InChI=1S/C12H15BrFNO2S/c1-4-7-15(9(2)3)18(16,17)10-5-6-11(13)12(14)8-10/h4-6,8-9H,1,7H2,2-3H3. The molecule has 0 amide bonds. The van der Waals surface area contributed by atoms with Gasteiger partial charge in [-0.2, -0.15) is 4.31 Å². The van der Waals surface area contributed by atoms with Gasteiger partial charge in [0.05, 0.1) is 9.37 Å². The van der Waals surface area contributed by atoms with E-state index in [9.17, 15) is 12.8 Å². The molecule has 3 nitrogen and oxygen atoms in total. The quantitative estimate of drug-likeness (QED) is 0.775. The van der Waals surface area contributed by atoms with Crippen molar-refractivity contribution in [2.75, 3.05) is 6.54 Å². The van der Waals surface area contributed by atoms with Crippen molar-refractivity contribution in [3.8, 4) is 0 Å². The molecule has 6 heteroatoms. The summed E-state index contributed by atoms with van der Waals surface area (Å²) in [6.07, 6.45) is 1.51. The maximum absolute atomic E-state index is 13.4. The summed E-state index contributed by atoms with van der Waals surface area (Å²) in [6.45, 7) is 7.25. The number of benzene rings is 1. The van der Waals surface area contributed by atoms with Crippen LogP contribution in [0.1, 0.15) is 13.8 Å². The molecule has 0 saturated heterocycles. The second-order valence-corrected chi connectivity index (χ2v) is 6.78. The Balaban J connectivity index is 3.26. The highest BCUT2D eigenvalue weighted by Gasteiger charge is 2.26. The van der Waals surface area contributed by atoms with E-state index in [2.05, 4.69) is 22.5 Å². The first-order valence-corrected chi connectivity index (χ1v) is 7.61. The fourth-order valence-electron chi connectivity index (χ4n) is 1.49. The van der Waals surface area contributed by atoms with Gasteiger partial charge in [0, 0.05) is 12.6 Å². The largest absolute Gasteiger partial charge is 0.243 e. The normalized spacial score (nSPS) is 12.1. The van der Waals surface area contributed by atoms with Crippen molar-refractivity contribution in [3.63, 3.8) is 0 Å². The molecule has 0 spiro atoms. The van der Waals surface area contributed by atoms with Gasteiger partial charge in [-0.25, -0.2) is 12.8 Å². The second kappa shape index (κ2) is 5.95. The van der Waals surface area contributed by atoms with Crippen molar-refractivity contribution in [1.82, 2.24) is 4.31 Å². The number of hydrogen-bond acceptors (Lipinski definition) is 2. The van der Waals surface area contributed by atoms with Gasteiger partial charge in [-0.15, -0.1) is 6.58 Å². The average Bonchev–Trinajstić information content (AvgIpc) is 2.28. The summed E-state index contributed by atoms with van der Waals surface area (Å²) in [5.41, 5.74) is 0. The molecule has 100 valence electrons. The minimum Gasteiger partial charge on any atom is -0.207 e. The summed E-state index contributed by atoms with van der Waals surface area (Å²) in [6, 6.07) is 3.55. The van der Waals surface area contributed by atoms with Crippen LogP contribution in [-0.2, 0) is 10.0 Å². The fourth-order valence-corrected chi connectivity index (χ4v) is 3.35. The molecule has 1 aromatic rings. The summed E-state index contributed by atoms with van der Waals surface area (Å²) in [5.74, 6) is -0.599. The Labute approximate surface area is 115 Å². The van der Waals surface area contributed by atoms with E-state index in [4.69, 9.17) is 0 Å². The van der Waals surface area contributed by atoms with Crippen molar-refractivity contribution in [2.24, 2.45) is 0 Å². The molecular weight excluding hydrogens is 321 g/mol. The molecular formula is C12H15BrFNO2S. The molecule has 0 aromatic heterocycles. The number of sulfonamides is 1. The monoisotopic (exact) mass is 335 g/mol. The molecule has 0 fully saturated rings. The van der Waals surface area contributed by atoms with Gasteiger partial charge in [-0.05, 0) is 48.0 Å². The minimum absolute atomic E-state index is 0.0567. The van der Waals surface area contributed by atoms with Gasteiger partial charge in [-0.1, -0.05) is 6.08 Å². The van der Waals surface area contributed by atoms with E-state index in [1.165, 1.54) is 22.5 Å². The SMILES string of the molecule is C=CCN(C(C)C)S(=O)(=O)c1ccc(Br)c(F)c1. The van der Waals surface area contributed by atoms with Gasteiger partial charge >= 0.3 is 0 Å². The molecule has 0 aliphatic carbocycles. The first kappa shape index (κ1) is 15.3. The predicted octanol–water partition coefficient (Wildman–Crippen LogP) is 3.17. The summed E-state index contributed by atoms with van der Waals surface area (Å²) < 4.78 is 39.6. The van der Waals surface area contributed by atoms with Crippen LogP contribution in [0, 0.1) is 5.82 Å². The van der Waals surface area contributed by atoms with Crippen molar-refractivity contribution < 1.29 is 12.8 Å². The molecule has 0 heterocycles. The number of halogens is 2. The van der Waals surface area contributed by atoms with E-state index >= 15 is 0 Å².